The Kier molecular flexibility index (Phi) is 2.79. The van der Waals surface area contributed by atoms with Gasteiger partial charge in [-0.1, -0.05) is 18.2 Å². The molecule has 0 saturated heterocycles. The Morgan fingerprint density at radius 3 is 2.60 bits per heavy atom. The minimum atomic E-state index is -0.0888. The van der Waals surface area contributed by atoms with Crippen molar-refractivity contribution in [3.63, 3.8) is 0 Å². The highest BCUT2D eigenvalue weighted by Gasteiger charge is 2.11. The molecular weight excluding hydrogens is 250 g/mol. The molecular formula is C16H15N3O. The molecule has 3 aromatic rings. The number of hydrogen-bond donors (Lipinski definition) is 1. The molecule has 1 heterocycles. The summed E-state index contributed by atoms with van der Waals surface area (Å²) in [6, 6.07) is 13.0. The molecule has 0 fully saturated rings. The standard InChI is InChI=1S/C16H15N3O/c1-10-5-3-4-6-15(10)19-11(2)18-14-8-7-12(17)9-13(14)16(19)20/h3-9H,17H2,1-2H3. The zero-order valence-electron chi connectivity index (χ0n) is 11.4. The lowest BCUT2D eigenvalue weighted by atomic mass is 10.1. The lowest BCUT2D eigenvalue weighted by molar-refractivity contribution is 0.888. The quantitative estimate of drug-likeness (QED) is 0.688. The summed E-state index contributed by atoms with van der Waals surface area (Å²) in [4.78, 5) is 17.2. The normalized spacial score (nSPS) is 10.9. The highest BCUT2D eigenvalue weighted by Crippen LogP contribution is 2.17. The van der Waals surface area contributed by atoms with Gasteiger partial charge in [0.1, 0.15) is 5.82 Å². The van der Waals surface area contributed by atoms with Crippen LogP contribution in [0.4, 0.5) is 5.69 Å². The second-order valence-electron chi connectivity index (χ2n) is 4.86. The average Bonchev–Trinajstić information content (AvgIpc) is 2.42. The van der Waals surface area contributed by atoms with Gasteiger partial charge in [-0.15, -0.1) is 0 Å². The summed E-state index contributed by atoms with van der Waals surface area (Å²) in [6.07, 6.45) is 0. The van der Waals surface area contributed by atoms with Crippen LogP contribution in [0.15, 0.2) is 47.3 Å². The molecule has 4 nitrogen and oxygen atoms in total. The predicted molar refractivity (Wildman–Crippen MR) is 81.2 cm³/mol. The number of aromatic nitrogens is 2. The van der Waals surface area contributed by atoms with Gasteiger partial charge in [-0.2, -0.15) is 0 Å². The molecule has 0 aliphatic heterocycles. The molecule has 1 aromatic heterocycles. The number of fused-ring (bicyclic) bond motifs is 1. The topological polar surface area (TPSA) is 60.9 Å². The Bertz CT molecular complexity index is 865. The number of nitrogens with two attached hydrogens (primary N) is 1. The van der Waals surface area contributed by atoms with E-state index >= 15 is 0 Å². The van der Waals surface area contributed by atoms with Crippen LogP contribution in [-0.4, -0.2) is 9.55 Å². The monoisotopic (exact) mass is 265 g/mol. The molecule has 2 aromatic carbocycles. The smallest absolute Gasteiger partial charge is 0.266 e. The number of benzene rings is 2. The van der Waals surface area contributed by atoms with Gasteiger partial charge in [-0.05, 0) is 43.7 Å². The Hall–Kier alpha value is -2.62. The van der Waals surface area contributed by atoms with Crippen molar-refractivity contribution in [1.29, 1.82) is 0 Å². The van der Waals surface area contributed by atoms with Crippen LogP contribution in [0.25, 0.3) is 16.6 Å². The van der Waals surface area contributed by atoms with Crippen molar-refractivity contribution in [2.75, 3.05) is 5.73 Å². The molecule has 0 atom stereocenters. The Labute approximate surface area is 116 Å². The first-order valence-electron chi connectivity index (χ1n) is 6.43. The van der Waals surface area contributed by atoms with Crippen LogP contribution in [-0.2, 0) is 0 Å². The van der Waals surface area contributed by atoms with Crippen LogP contribution in [0, 0.1) is 13.8 Å². The number of rotatable bonds is 1. The molecule has 0 amide bonds. The third-order valence-corrected chi connectivity index (χ3v) is 3.42. The number of para-hydroxylation sites is 1. The summed E-state index contributed by atoms with van der Waals surface area (Å²) >= 11 is 0. The summed E-state index contributed by atoms with van der Waals surface area (Å²) < 4.78 is 1.64. The first-order chi connectivity index (χ1) is 9.58. The molecule has 0 aliphatic carbocycles. The Morgan fingerprint density at radius 1 is 1.10 bits per heavy atom. The number of nitrogens with zero attached hydrogens (tertiary/aromatic N) is 2. The number of anilines is 1. The second-order valence-corrected chi connectivity index (χ2v) is 4.86. The first-order valence-corrected chi connectivity index (χ1v) is 6.43. The summed E-state index contributed by atoms with van der Waals surface area (Å²) in [5.74, 6) is 0.668. The molecule has 100 valence electrons. The minimum Gasteiger partial charge on any atom is -0.399 e. The van der Waals surface area contributed by atoms with Crippen molar-refractivity contribution in [2.45, 2.75) is 13.8 Å². The van der Waals surface area contributed by atoms with E-state index in [9.17, 15) is 4.79 Å². The molecule has 0 aliphatic rings. The van der Waals surface area contributed by atoms with Gasteiger partial charge < -0.3 is 5.73 Å². The largest absolute Gasteiger partial charge is 0.399 e. The van der Waals surface area contributed by atoms with Gasteiger partial charge in [-0.3, -0.25) is 9.36 Å². The van der Waals surface area contributed by atoms with E-state index in [0.717, 1.165) is 11.3 Å². The third kappa shape index (κ3) is 1.86. The zero-order chi connectivity index (χ0) is 14.3. The van der Waals surface area contributed by atoms with Crippen molar-refractivity contribution in [3.05, 3.63) is 64.2 Å². The van der Waals surface area contributed by atoms with E-state index in [4.69, 9.17) is 5.73 Å². The lowest BCUT2D eigenvalue weighted by Gasteiger charge is -2.13. The van der Waals surface area contributed by atoms with Crippen molar-refractivity contribution in [2.24, 2.45) is 0 Å². The van der Waals surface area contributed by atoms with E-state index in [2.05, 4.69) is 4.98 Å². The number of hydrogen-bond acceptors (Lipinski definition) is 3. The van der Waals surface area contributed by atoms with Gasteiger partial charge in [0.25, 0.3) is 5.56 Å². The van der Waals surface area contributed by atoms with E-state index in [1.54, 1.807) is 22.8 Å². The van der Waals surface area contributed by atoms with Gasteiger partial charge in [-0.25, -0.2) is 4.98 Å². The highest BCUT2D eigenvalue weighted by molar-refractivity contribution is 5.81. The van der Waals surface area contributed by atoms with E-state index in [1.165, 1.54) is 0 Å². The highest BCUT2D eigenvalue weighted by atomic mass is 16.1. The van der Waals surface area contributed by atoms with Crippen molar-refractivity contribution in [3.8, 4) is 5.69 Å². The van der Waals surface area contributed by atoms with Crippen molar-refractivity contribution in [1.82, 2.24) is 9.55 Å². The summed E-state index contributed by atoms with van der Waals surface area (Å²) in [5, 5.41) is 0.541. The third-order valence-electron chi connectivity index (χ3n) is 3.42. The fraction of sp³-hybridized carbons (Fsp3) is 0.125. The SMILES string of the molecule is Cc1ccccc1-n1c(C)nc2ccc(N)cc2c1=O. The van der Waals surface area contributed by atoms with Crippen molar-refractivity contribution >= 4 is 16.6 Å². The molecule has 0 saturated carbocycles. The van der Waals surface area contributed by atoms with Crippen LogP contribution < -0.4 is 11.3 Å². The molecule has 0 unspecified atom stereocenters. The summed E-state index contributed by atoms with van der Waals surface area (Å²) in [6.45, 7) is 3.81. The average molecular weight is 265 g/mol. The molecule has 0 spiro atoms. The molecule has 0 radical (unpaired) electrons. The molecule has 2 N–H and O–H groups in total. The number of aryl methyl sites for hydroxylation is 2. The van der Waals surface area contributed by atoms with Crippen LogP contribution in [0.2, 0.25) is 0 Å². The molecule has 4 heteroatoms. The maximum Gasteiger partial charge on any atom is 0.266 e. The predicted octanol–water partition coefficient (Wildman–Crippen LogP) is 2.58. The van der Waals surface area contributed by atoms with Gasteiger partial charge >= 0.3 is 0 Å². The Morgan fingerprint density at radius 2 is 1.85 bits per heavy atom. The summed E-state index contributed by atoms with van der Waals surface area (Å²) in [5.41, 5.74) is 8.81. The van der Waals surface area contributed by atoms with Crippen LogP contribution >= 0.6 is 0 Å². The maximum atomic E-state index is 12.7. The van der Waals surface area contributed by atoms with Gasteiger partial charge in [0.05, 0.1) is 16.6 Å². The minimum absolute atomic E-state index is 0.0888. The molecule has 0 bridgehead atoms. The van der Waals surface area contributed by atoms with Crippen LogP contribution in [0.5, 0.6) is 0 Å². The number of nitrogen functional groups attached to an aromatic ring is 1. The van der Waals surface area contributed by atoms with Crippen LogP contribution in [0.3, 0.4) is 0 Å². The fourth-order valence-electron chi connectivity index (χ4n) is 2.41. The lowest BCUT2D eigenvalue weighted by Crippen LogP contribution is -2.23. The fourth-order valence-corrected chi connectivity index (χ4v) is 2.41. The van der Waals surface area contributed by atoms with Gasteiger partial charge in [0.2, 0.25) is 0 Å². The maximum absolute atomic E-state index is 12.7. The van der Waals surface area contributed by atoms with Gasteiger partial charge in [0, 0.05) is 5.69 Å². The van der Waals surface area contributed by atoms with Crippen LogP contribution in [0.1, 0.15) is 11.4 Å². The van der Waals surface area contributed by atoms with Gasteiger partial charge in [0.15, 0.2) is 0 Å². The van der Waals surface area contributed by atoms with Crippen molar-refractivity contribution < 1.29 is 0 Å². The summed E-state index contributed by atoms with van der Waals surface area (Å²) in [7, 11) is 0. The Balaban J connectivity index is 2.43. The van der Waals surface area contributed by atoms with E-state index in [0.29, 0.717) is 22.4 Å². The second kappa shape index (κ2) is 4.49. The molecule has 3 rings (SSSR count). The zero-order valence-corrected chi connectivity index (χ0v) is 11.4. The molecule has 20 heavy (non-hydrogen) atoms. The van der Waals surface area contributed by atoms with E-state index in [1.807, 2.05) is 38.1 Å². The van der Waals surface area contributed by atoms with E-state index < -0.39 is 0 Å². The first kappa shape index (κ1) is 12.4. The van der Waals surface area contributed by atoms with E-state index in [-0.39, 0.29) is 5.56 Å².